The molecule has 1 amide bonds. The first-order chi connectivity index (χ1) is 9.66. The van der Waals surface area contributed by atoms with Crippen molar-refractivity contribution in [2.75, 3.05) is 19.9 Å². The van der Waals surface area contributed by atoms with Crippen molar-refractivity contribution in [1.29, 1.82) is 0 Å². The van der Waals surface area contributed by atoms with Crippen LogP contribution in [0.25, 0.3) is 0 Å². The number of guanidine groups is 1. The fourth-order valence-electron chi connectivity index (χ4n) is 1.79. The van der Waals surface area contributed by atoms with E-state index in [0.717, 1.165) is 12.8 Å². The maximum atomic E-state index is 11.9. The van der Waals surface area contributed by atoms with Gasteiger partial charge in [0.25, 0.3) is 5.91 Å². The van der Waals surface area contributed by atoms with Crippen LogP contribution in [0.2, 0.25) is 0 Å². The number of fused-ring (bicyclic) bond motifs is 1. The van der Waals surface area contributed by atoms with Gasteiger partial charge in [-0.1, -0.05) is 0 Å². The monoisotopic (exact) mass is 278 g/mol. The fraction of sp³-hybridized carbons (Fsp3) is 0.385. The molecule has 0 bridgehead atoms. The van der Waals surface area contributed by atoms with Crippen molar-refractivity contribution in [3.63, 3.8) is 0 Å². The van der Waals surface area contributed by atoms with Gasteiger partial charge in [-0.3, -0.25) is 9.79 Å². The van der Waals surface area contributed by atoms with Crippen molar-refractivity contribution in [1.82, 2.24) is 5.32 Å². The van der Waals surface area contributed by atoms with E-state index in [1.807, 2.05) is 0 Å². The molecule has 1 aromatic rings. The van der Waals surface area contributed by atoms with Crippen LogP contribution < -0.4 is 26.3 Å². The van der Waals surface area contributed by atoms with E-state index in [-0.39, 0.29) is 18.7 Å². The van der Waals surface area contributed by atoms with Gasteiger partial charge in [-0.05, 0) is 31.0 Å². The zero-order chi connectivity index (χ0) is 14.4. The molecule has 1 aromatic carbocycles. The Morgan fingerprint density at radius 1 is 1.25 bits per heavy atom. The van der Waals surface area contributed by atoms with Crippen LogP contribution in [0.5, 0.6) is 11.5 Å². The highest BCUT2D eigenvalue weighted by atomic mass is 16.7. The lowest BCUT2D eigenvalue weighted by Gasteiger charge is -2.05. The van der Waals surface area contributed by atoms with E-state index in [9.17, 15) is 4.79 Å². The summed E-state index contributed by atoms with van der Waals surface area (Å²) in [6.45, 7) is 1.35. The number of benzene rings is 1. The molecule has 0 spiro atoms. The molecular formula is C13H18N4O3. The van der Waals surface area contributed by atoms with E-state index in [1.165, 1.54) is 0 Å². The molecule has 1 aliphatic rings. The number of nitrogens with two attached hydrogens (primary N) is 2. The Kier molecular flexibility index (Phi) is 4.65. The van der Waals surface area contributed by atoms with E-state index >= 15 is 0 Å². The first-order valence-electron chi connectivity index (χ1n) is 6.40. The smallest absolute Gasteiger partial charge is 0.251 e. The number of rotatable bonds is 6. The third kappa shape index (κ3) is 3.78. The largest absolute Gasteiger partial charge is 0.454 e. The van der Waals surface area contributed by atoms with E-state index in [1.54, 1.807) is 18.2 Å². The quantitative estimate of drug-likeness (QED) is 0.391. The van der Waals surface area contributed by atoms with Crippen LogP contribution in [-0.2, 0) is 0 Å². The van der Waals surface area contributed by atoms with E-state index < -0.39 is 0 Å². The predicted molar refractivity (Wildman–Crippen MR) is 74.8 cm³/mol. The van der Waals surface area contributed by atoms with E-state index in [4.69, 9.17) is 20.9 Å². The van der Waals surface area contributed by atoms with Crippen molar-refractivity contribution in [2.45, 2.75) is 12.8 Å². The number of unbranched alkanes of at least 4 members (excludes halogenated alkanes) is 1. The zero-order valence-electron chi connectivity index (χ0n) is 11.1. The molecule has 0 saturated heterocycles. The van der Waals surface area contributed by atoms with Crippen molar-refractivity contribution in [3.05, 3.63) is 23.8 Å². The lowest BCUT2D eigenvalue weighted by atomic mass is 10.2. The molecule has 20 heavy (non-hydrogen) atoms. The van der Waals surface area contributed by atoms with Crippen LogP contribution in [0, 0.1) is 0 Å². The highest BCUT2D eigenvalue weighted by Gasteiger charge is 2.15. The third-order valence-electron chi connectivity index (χ3n) is 2.80. The topological polar surface area (TPSA) is 112 Å². The summed E-state index contributed by atoms with van der Waals surface area (Å²) in [6, 6.07) is 5.12. The fourth-order valence-corrected chi connectivity index (χ4v) is 1.79. The number of amides is 1. The van der Waals surface area contributed by atoms with Crippen LogP contribution in [-0.4, -0.2) is 31.7 Å². The molecule has 0 atom stereocenters. The minimum atomic E-state index is -0.134. The van der Waals surface area contributed by atoms with Crippen LogP contribution in [0.15, 0.2) is 23.2 Å². The van der Waals surface area contributed by atoms with Crippen LogP contribution in [0.1, 0.15) is 23.2 Å². The van der Waals surface area contributed by atoms with Gasteiger partial charge in [-0.2, -0.15) is 0 Å². The molecule has 2 rings (SSSR count). The van der Waals surface area contributed by atoms with Gasteiger partial charge in [0.15, 0.2) is 17.5 Å². The molecule has 0 saturated carbocycles. The van der Waals surface area contributed by atoms with Gasteiger partial charge in [0.1, 0.15) is 0 Å². The van der Waals surface area contributed by atoms with Crippen LogP contribution in [0.3, 0.4) is 0 Å². The molecule has 0 aromatic heterocycles. The minimum absolute atomic E-state index is 0.0920. The Bertz CT molecular complexity index is 512. The van der Waals surface area contributed by atoms with Gasteiger partial charge < -0.3 is 26.3 Å². The Labute approximate surface area is 116 Å². The molecule has 0 fully saturated rings. The minimum Gasteiger partial charge on any atom is -0.454 e. The average Bonchev–Trinajstić information content (AvgIpc) is 2.89. The molecule has 5 N–H and O–H groups in total. The van der Waals surface area contributed by atoms with Gasteiger partial charge in [0, 0.05) is 18.7 Å². The van der Waals surface area contributed by atoms with Gasteiger partial charge in [-0.25, -0.2) is 0 Å². The Balaban J connectivity index is 1.74. The standard InChI is InChI=1S/C13H18N4O3/c14-13(15)17-6-2-1-5-16-12(18)9-3-4-10-11(7-9)20-8-19-10/h3-4,7H,1-2,5-6,8H2,(H,16,18)(H4,14,15,17). The van der Waals surface area contributed by atoms with Crippen molar-refractivity contribution < 1.29 is 14.3 Å². The highest BCUT2D eigenvalue weighted by Crippen LogP contribution is 2.32. The predicted octanol–water partition coefficient (Wildman–Crippen LogP) is 0.199. The number of aliphatic imine (C=N–C) groups is 1. The molecular weight excluding hydrogens is 260 g/mol. The number of ether oxygens (including phenoxy) is 2. The SMILES string of the molecule is NC(N)=NCCCCNC(=O)c1ccc2c(c1)OCO2. The normalized spacial score (nSPS) is 12.0. The molecule has 1 aliphatic heterocycles. The van der Waals surface area contributed by atoms with Crippen LogP contribution >= 0.6 is 0 Å². The van der Waals surface area contributed by atoms with Crippen molar-refractivity contribution in [2.24, 2.45) is 16.5 Å². The third-order valence-corrected chi connectivity index (χ3v) is 2.80. The molecule has 108 valence electrons. The molecule has 0 radical (unpaired) electrons. The van der Waals surface area contributed by atoms with Crippen molar-refractivity contribution in [3.8, 4) is 11.5 Å². The van der Waals surface area contributed by atoms with Gasteiger partial charge >= 0.3 is 0 Å². The summed E-state index contributed by atoms with van der Waals surface area (Å²) in [5.41, 5.74) is 11.0. The second kappa shape index (κ2) is 6.65. The summed E-state index contributed by atoms with van der Waals surface area (Å²) >= 11 is 0. The summed E-state index contributed by atoms with van der Waals surface area (Å²) in [4.78, 5) is 15.8. The molecule has 1 heterocycles. The van der Waals surface area contributed by atoms with Gasteiger partial charge in [0.2, 0.25) is 6.79 Å². The van der Waals surface area contributed by atoms with Crippen molar-refractivity contribution >= 4 is 11.9 Å². The number of hydrogen-bond acceptors (Lipinski definition) is 4. The maximum absolute atomic E-state index is 11.9. The molecule has 0 aliphatic carbocycles. The number of nitrogens with zero attached hydrogens (tertiary/aromatic N) is 1. The molecule has 7 heteroatoms. The second-order valence-electron chi connectivity index (χ2n) is 4.34. The Morgan fingerprint density at radius 2 is 2.05 bits per heavy atom. The van der Waals surface area contributed by atoms with Gasteiger partial charge in [-0.15, -0.1) is 0 Å². The Hall–Kier alpha value is -2.44. The lowest BCUT2D eigenvalue weighted by Crippen LogP contribution is -2.25. The summed E-state index contributed by atoms with van der Waals surface area (Å²) in [5.74, 6) is 1.23. The first kappa shape index (κ1) is 14.0. The maximum Gasteiger partial charge on any atom is 0.251 e. The lowest BCUT2D eigenvalue weighted by molar-refractivity contribution is 0.0952. The zero-order valence-corrected chi connectivity index (χ0v) is 11.1. The number of hydrogen-bond donors (Lipinski definition) is 3. The van der Waals surface area contributed by atoms with E-state index in [0.29, 0.717) is 30.2 Å². The highest BCUT2D eigenvalue weighted by molar-refractivity contribution is 5.94. The number of carbonyl (C=O) groups is 1. The van der Waals surface area contributed by atoms with Gasteiger partial charge in [0.05, 0.1) is 0 Å². The van der Waals surface area contributed by atoms with E-state index in [2.05, 4.69) is 10.3 Å². The van der Waals surface area contributed by atoms with Crippen LogP contribution in [0.4, 0.5) is 0 Å². The molecule has 7 nitrogen and oxygen atoms in total. The number of nitrogens with one attached hydrogen (secondary N) is 1. The summed E-state index contributed by atoms with van der Waals surface area (Å²) in [6.07, 6.45) is 1.63. The second-order valence-corrected chi connectivity index (χ2v) is 4.34. The number of carbonyl (C=O) groups excluding carboxylic acids is 1. The summed E-state index contributed by atoms with van der Waals surface area (Å²) in [7, 11) is 0. The summed E-state index contributed by atoms with van der Waals surface area (Å²) < 4.78 is 10.4. The first-order valence-corrected chi connectivity index (χ1v) is 6.40. The average molecular weight is 278 g/mol. The molecule has 0 unspecified atom stereocenters. The Morgan fingerprint density at radius 3 is 2.85 bits per heavy atom. The summed E-state index contributed by atoms with van der Waals surface area (Å²) in [5, 5.41) is 2.83.